The standard InChI is InChI=1S/C20H19N3O2S/c21-16-10-17(14-6-9-26-12-14)18(22-11-16)13-2-4-15(5-3-13)20(7-1-8-20)23-19(24)25/h2-6,9-12,23H,1,7-8,21H2,(H,24,25). The van der Waals surface area contributed by atoms with E-state index in [1.165, 1.54) is 0 Å². The molecule has 0 unspecified atom stereocenters. The minimum atomic E-state index is -0.978. The molecule has 0 bridgehead atoms. The van der Waals surface area contributed by atoms with E-state index in [0.717, 1.165) is 47.2 Å². The van der Waals surface area contributed by atoms with E-state index in [1.54, 1.807) is 17.5 Å². The second-order valence-electron chi connectivity index (χ2n) is 6.62. The number of carboxylic acid groups (broad SMARTS) is 1. The number of rotatable bonds is 4. The molecular weight excluding hydrogens is 346 g/mol. The molecule has 0 spiro atoms. The molecule has 4 rings (SSSR count). The maximum absolute atomic E-state index is 11.1. The third-order valence-electron chi connectivity index (χ3n) is 5.01. The molecular formula is C20H19N3O2S. The highest BCUT2D eigenvalue weighted by Gasteiger charge is 2.40. The van der Waals surface area contributed by atoms with Gasteiger partial charge in [-0.3, -0.25) is 4.98 Å². The van der Waals surface area contributed by atoms with Crippen LogP contribution in [0, 0.1) is 0 Å². The van der Waals surface area contributed by atoms with Crippen LogP contribution < -0.4 is 11.1 Å². The molecule has 0 saturated heterocycles. The third kappa shape index (κ3) is 2.93. The Kier molecular flexibility index (Phi) is 4.12. The van der Waals surface area contributed by atoms with Gasteiger partial charge in [-0.05, 0) is 53.3 Å². The van der Waals surface area contributed by atoms with Crippen molar-refractivity contribution in [3.63, 3.8) is 0 Å². The number of amides is 1. The average Bonchev–Trinajstić information content (AvgIpc) is 3.13. The number of carbonyl (C=O) groups is 1. The van der Waals surface area contributed by atoms with Gasteiger partial charge in [0, 0.05) is 11.1 Å². The van der Waals surface area contributed by atoms with Crippen molar-refractivity contribution in [3.05, 3.63) is 58.9 Å². The summed E-state index contributed by atoms with van der Waals surface area (Å²) < 4.78 is 0. The van der Waals surface area contributed by atoms with Gasteiger partial charge in [0.05, 0.1) is 23.1 Å². The Morgan fingerprint density at radius 2 is 1.96 bits per heavy atom. The minimum absolute atomic E-state index is 0.449. The van der Waals surface area contributed by atoms with Gasteiger partial charge in [0.1, 0.15) is 0 Å². The maximum Gasteiger partial charge on any atom is 0.405 e. The third-order valence-corrected chi connectivity index (χ3v) is 5.69. The first-order valence-electron chi connectivity index (χ1n) is 8.47. The van der Waals surface area contributed by atoms with Gasteiger partial charge in [-0.2, -0.15) is 11.3 Å². The summed E-state index contributed by atoms with van der Waals surface area (Å²) in [7, 11) is 0. The van der Waals surface area contributed by atoms with Crippen LogP contribution in [0.5, 0.6) is 0 Å². The van der Waals surface area contributed by atoms with Crippen LogP contribution in [-0.2, 0) is 5.54 Å². The van der Waals surface area contributed by atoms with E-state index >= 15 is 0 Å². The number of hydrogen-bond acceptors (Lipinski definition) is 4. The predicted molar refractivity (Wildman–Crippen MR) is 104 cm³/mol. The highest BCUT2D eigenvalue weighted by Crippen LogP contribution is 2.42. The first-order valence-corrected chi connectivity index (χ1v) is 9.42. The smallest absolute Gasteiger partial charge is 0.405 e. The zero-order chi connectivity index (χ0) is 18.1. The normalized spacial score (nSPS) is 15.2. The van der Waals surface area contributed by atoms with Crippen molar-refractivity contribution in [2.24, 2.45) is 0 Å². The molecule has 1 saturated carbocycles. The van der Waals surface area contributed by atoms with E-state index in [2.05, 4.69) is 21.7 Å². The second-order valence-corrected chi connectivity index (χ2v) is 7.40. The van der Waals surface area contributed by atoms with Crippen LogP contribution in [0.3, 0.4) is 0 Å². The Morgan fingerprint density at radius 1 is 1.19 bits per heavy atom. The Bertz CT molecular complexity index is 932. The van der Waals surface area contributed by atoms with Crippen molar-refractivity contribution in [2.45, 2.75) is 24.8 Å². The van der Waals surface area contributed by atoms with Gasteiger partial charge in [0.15, 0.2) is 0 Å². The van der Waals surface area contributed by atoms with Gasteiger partial charge >= 0.3 is 6.09 Å². The number of nitrogens with one attached hydrogen (secondary N) is 1. The molecule has 0 atom stereocenters. The number of benzene rings is 1. The molecule has 4 N–H and O–H groups in total. The lowest BCUT2D eigenvalue weighted by molar-refractivity contribution is 0.144. The SMILES string of the molecule is Nc1cnc(-c2ccc(C3(NC(=O)O)CCC3)cc2)c(-c2ccsc2)c1. The molecule has 2 heterocycles. The van der Waals surface area contributed by atoms with Gasteiger partial charge < -0.3 is 16.2 Å². The van der Waals surface area contributed by atoms with Crippen LogP contribution in [0.15, 0.2) is 53.4 Å². The first-order chi connectivity index (χ1) is 12.6. The second kappa shape index (κ2) is 6.46. The molecule has 1 fully saturated rings. The number of pyridine rings is 1. The largest absolute Gasteiger partial charge is 0.465 e. The Labute approximate surface area is 155 Å². The summed E-state index contributed by atoms with van der Waals surface area (Å²) in [5, 5.41) is 15.9. The van der Waals surface area contributed by atoms with E-state index in [9.17, 15) is 4.79 Å². The molecule has 132 valence electrons. The van der Waals surface area contributed by atoms with Crippen LogP contribution in [0.2, 0.25) is 0 Å². The summed E-state index contributed by atoms with van der Waals surface area (Å²) in [6.07, 6.45) is 3.38. The predicted octanol–water partition coefficient (Wildman–Crippen LogP) is 4.71. The highest BCUT2D eigenvalue weighted by atomic mass is 32.1. The van der Waals surface area contributed by atoms with Crippen LogP contribution in [0.4, 0.5) is 10.5 Å². The number of nitrogens with two attached hydrogens (primary N) is 1. The summed E-state index contributed by atoms with van der Waals surface area (Å²) in [6.45, 7) is 0. The molecule has 0 radical (unpaired) electrons. The van der Waals surface area contributed by atoms with Crippen molar-refractivity contribution in [1.29, 1.82) is 0 Å². The number of aromatic nitrogens is 1. The van der Waals surface area contributed by atoms with Crippen LogP contribution >= 0.6 is 11.3 Å². The first kappa shape index (κ1) is 16.6. The summed E-state index contributed by atoms with van der Waals surface area (Å²) in [5.74, 6) is 0. The van der Waals surface area contributed by atoms with Gasteiger partial charge in [-0.25, -0.2) is 4.79 Å². The Balaban J connectivity index is 1.71. The summed E-state index contributed by atoms with van der Waals surface area (Å²) in [5.41, 5.74) is 11.1. The number of anilines is 1. The maximum atomic E-state index is 11.1. The van der Waals surface area contributed by atoms with Crippen LogP contribution in [0.25, 0.3) is 22.4 Å². The zero-order valence-electron chi connectivity index (χ0n) is 14.1. The van der Waals surface area contributed by atoms with E-state index < -0.39 is 11.6 Å². The van der Waals surface area contributed by atoms with Gasteiger partial charge in [-0.1, -0.05) is 24.3 Å². The molecule has 1 aliphatic carbocycles. The number of nitrogen functional groups attached to an aromatic ring is 1. The molecule has 2 aromatic heterocycles. The van der Waals surface area contributed by atoms with E-state index in [1.807, 2.05) is 35.7 Å². The fourth-order valence-electron chi connectivity index (χ4n) is 3.52. The van der Waals surface area contributed by atoms with Crippen molar-refractivity contribution < 1.29 is 9.90 Å². The molecule has 5 nitrogen and oxygen atoms in total. The van der Waals surface area contributed by atoms with Crippen LogP contribution in [0.1, 0.15) is 24.8 Å². The van der Waals surface area contributed by atoms with Gasteiger partial charge in [0.2, 0.25) is 0 Å². The number of nitrogens with zero attached hydrogens (tertiary/aromatic N) is 1. The minimum Gasteiger partial charge on any atom is -0.465 e. The zero-order valence-corrected chi connectivity index (χ0v) is 14.9. The summed E-state index contributed by atoms with van der Waals surface area (Å²) >= 11 is 1.63. The van der Waals surface area contributed by atoms with E-state index in [0.29, 0.717) is 5.69 Å². The number of thiophene rings is 1. The van der Waals surface area contributed by atoms with E-state index in [-0.39, 0.29) is 0 Å². The Hall–Kier alpha value is -2.86. The summed E-state index contributed by atoms with van der Waals surface area (Å²) in [4.78, 5) is 15.7. The average molecular weight is 365 g/mol. The Morgan fingerprint density at radius 3 is 2.54 bits per heavy atom. The van der Waals surface area contributed by atoms with Gasteiger partial charge in [0.25, 0.3) is 0 Å². The molecule has 1 aliphatic rings. The lowest BCUT2D eigenvalue weighted by Crippen LogP contribution is -2.50. The van der Waals surface area contributed by atoms with Crippen molar-refractivity contribution in [2.75, 3.05) is 5.73 Å². The molecule has 1 aromatic carbocycles. The van der Waals surface area contributed by atoms with Crippen molar-refractivity contribution in [3.8, 4) is 22.4 Å². The molecule has 6 heteroatoms. The topological polar surface area (TPSA) is 88.2 Å². The highest BCUT2D eigenvalue weighted by molar-refractivity contribution is 7.08. The fourth-order valence-corrected chi connectivity index (χ4v) is 4.17. The summed E-state index contributed by atoms with van der Waals surface area (Å²) in [6, 6.07) is 12.0. The van der Waals surface area contributed by atoms with E-state index in [4.69, 9.17) is 10.8 Å². The van der Waals surface area contributed by atoms with Crippen molar-refractivity contribution >= 4 is 23.1 Å². The molecule has 1 amide bonds. The fraction of sp³-hybridized carbons (Fsp3) is 0.200. The lowest BCUT2D eigenvalue weighted by atomic mass is 9.71. The number of hydrogen-bond donors (Lipinski definition) is 3. The monoisotopic (exact) mass is 365 g/mol. The van der Waals surface area contributed by atoms with Crippen LogP contribution in [-0.4, -0.2) is 16.2 Å². The lowest BCUT2D eigenvalue weighted by Gasteiger charge is -2.42. The van der Waals surface area contributed by atoms with Gasteiger partial charge in [-0.15, -0.1) is 0 Å². The molecule has 0 aliphatic heterocycles. The quantitative estimate of drug-likeness (QED) is 0.625. The molecule has 3 aromatic rings. The molecule has 26 heavy (non-hydrogen) atoms. The van der Waals surface area contributed by atoms with Crippen molar-refractivity contribution in [1.82, 2.24) is 10.3 Å².